The van der Waals surface area contributed by atoms with Crippen LogP contribution < -0.4 is 0 Å². The Labute approximate surface area is 117 Å². The minimum Gasteiger partial charge on any atom is -0.256 e. The molecule has 1 aromatic heterocycles. The van der Waals surface area contributed by atoms with Crippen molar-refractivity contribution >= 4 is 21.5 Å². The highest BCUT2D eigenvalue weighted by atomic mass is 32.3. The van der Waals surface area contributed by atoms with E-state index in [-0.39, 0.29) is 4.21 Å². The summed E-state index contributed by atoms with van der Waals surface area (Å²) in [5.41, 5.74) is 0.787. The van der Waals surface area contributed by atoms with Crippen LogP contribution >= 0.6 is 11.3 Å². The molecule has 0 saturated carbocycles. The lowest BCUT2D eigenvalue weighted by Gasteiger charge is -2.06. The Balaban J connectivity index is 2.20. The van der Waals surface area contributed by atoms with Crippen LogP contribution in [-0.2, 0) is 14.3 Å². The summed E-state index contributed by atoms with van der Waals surface area (Å²) in [6.07, 6.45) is -4.69. The summed E-state index contributed by atoms with van der Waals surface area (Å²) >= 11 is 0.863. The molecule has 2 rings (SSSR count). The second-order valence-corrected chi connectivity index (χ2v) is 6.74. The molecule has 3 nitrogen and oxygen atoms in total. The first-order valence-corrected chi connectivity index (χ1v) is 7.62. The minimum absolute atomic E-state index is 0.249. The number of hydrogen-bond acceptors (Lipinski definition) is 4. The smallest absolute Gasteiger partial charge is 0.256 e. The quantitative estimate of drug-likeness (QED) is 0.807. The van der Waals surface area contributed by atoms with Gasteiger partial charge in [0.1, 0.15) is 4.21 Å². The molecule has 0 unspecified atom stereocenters. The molecule has 0 spiro atoms. The fraction of sp³-hybridized carbons (Fsp3) is 0.167. The van der Waals surface area contributed by atoms with Crippen LogP contribution in [0.1, 0.15) is 0 Å². The lowest BCUT2D eigenvalue weighted by molar-refractivity contribution is -0.152. The predicted molar refractivity (Wildman–Crippen MR) is 68.9 cm³/mol. The van der Waals surface area contributed by atoms with Crippen molar-refractivity contribution in [1.29, 1.82) is 0 Å². The van der Waals surface area contributed by atoms with E-state index in [1.165, 1.54) is 12.1 Å². The molecule has 1 aromatic carbocycles. The number of hydrogen-bond donors (Lipinski definition) is 0. The second kappa shape index (κ2) is 5.55. The molecule has 0 aliphatic carbocycles. The molecule has 0 aliphatic rings. The highest BCUT2D eigenvalue weighted by Gasteiger charge is 2.32. The summed E-state index contributed by atoms with van der Waals surface area (Å²) in [6.45, 7) is -1.83. The summed E-state index contributed by atoms with van der Waals surface area (Å²) in [5, 5.41) is 0. The molecule has 0 aliphatic heterocycles. The molecule has 0 bridgehead atoms. The van der Waals surface area contributed by atoms with E-state index in [4.69, 9.17) is 0 Å². The van der Waals surface area contributed by atoms with Gasteiger partial charge in [0.15, 0.2) is 6.61 Å². The third-order valence-corrected chi connectivity index (χ3v) is 5.11. The van der Waals surface area contributed by atoms with Gasteiger partial charge in [-0.05, 0) is 17.7 Å². The van der Waals surface area contributed by atoms with Crippen LogP contribution in [0.25, 0.3) is 10.4 Å². The predicted octanol–water partition coefficient (Wildman–Crippen LogP) is 3.68. The Hall–Kier alpha value is -1.38. The van der Waals surface area contributed by atoms with Crippen LogP contribution in [0.5, 0.6) is 0 Å². The van der Waals surface area contributed by atoms with Crippen molar-refractivity contribution in [2.45, 2.75) is 10.4 Å². The summed E-state index contributed by atoms with van der Waals surface area (Å²) in [7, 11) is -4.38. The molecule has 0 N–H and O–H groups in total. The van der Waals surface area contributed by atoms with E-state index in [1.807, 2.05) is 0 Å². The normalized spacial score (nSPS) is 12.6. The Bertz CT molecular complexity index is 675. The molecule has 0 fully saturated rings. The zero-order valence-electron chi connectivity index (χ0n) is 9.92. The number of halogens is 3. The first kappa shape index (κ1) is 15.0. The van der Waals surface area contributed by atoms with Crippen molar-refractivity contribution < 1.29 is 25.8 Å². The minimum atomic E-state index is -4.69. The average molecular weight is 322 g/mol. The Morgan fingerprint density at radius 3 is 2.30 bits per heavy atom. The van der Waals surface area contributed by atoms with Gasteiger partial charge in [-0.1, -0.05) is 30.3 Å². The van der Waals surface area contributed by atoms with Crippen LogP contribution in [0.3, 0.4) is 0 Å². The van der Waals surface area contributed by atoms with Crippen LogP contribution in [0.2, 0.25) is 0 Å². The fourth-order valence-electron chi connectivity index (χ4n) is 1.41. The maximum Gasteiger partial charge on any atom is 0.413 e. The van der Waals surface area contributed by atoms with E-state index in [1.54, 1.807) is 30.3 Å². The zero-order valence-corrected chi connectivity index (χ0v) is 11.6. The van der Waals surface area contributed by atoms with E-state index in [0.29, 0.717) is 4.88 Å². The Kier molecular flexibility index (Phi) is 4.17. The van der Waals surface area contributed by atoms with Gasteiger partial charge in [-0.3, -0.25) is 4.18 Å². The largest absolute Gasteiger partial charge is 0.413 e. The van der Waals surface area contributed by atoms with Gasteiger partial charge >= 0.3 is 16.3 Å². The van der Waals surface area contributed by atoms with Crippen LogP contribution in [-0.4, -0.2) is 21.2 Å². The van der Waals surface area contributed by atoms with Crippen molar-refractivity contribution in [2.75, 3.05) is 6.61 Å². The van der Waals surface area contributed by atoms with Crippen LogP contribution in [0.15, 0.2) is 46.7 Å². The number of rotatable bonds is 4. The van der Waals surface area contributed by atoms with E-state index in [2.05, 4.69) is 4.18 Å². The first-order chi connectivity index (χ1) is 9.28. The molecule has 20 heavy (non-hydrogen) atoms. The third-order valence-electron chi connectivity index (χ3n) is 2.26. The lowest BCUT2D eigenvalue weighted by atomic mass is 10.2. The first-order valence-electron chi connectivity index (χ1n) is 5.39. The van der Waals surface area contributed by atoms with E-state index in [0.717, 1.165) is 16.9 Å². The van der Waals surface area contributed by atoms with Crippen molar-refractivity contribution in [3.05, 3.63) is 42.5 Å². The van der Waals surface area contributed by atoms with Gasteiger partial charge in [0.2, 0.25) is 0 Å². The molecular weight excluding hydrogens is 313 g/mol. The van der Waals surface area contributed by atoms with Gasteiger partial charge in [0, 0.05) is 4.88 Å². The van der Waals surface area contributed by atoms with Gasteiger partial charge in [-0.2, -0.15) is 21.6 Å². The molecule has 2 aromatic rings. The summed E-state index contributed by atoms with van der Waals surface area (Å²) in [4.78, 5) is 0.639. The maximum atomic E-state index is 12.0. The third kappa shape index (κ3) is 3.81. The van der Waals surface area contributed by atoms with E-state index in [9.17, 15) is 21.6 Å². The number of alkyl halides is 3. The highest BCUT2D eigenvalue weighted by Crippen LogP contribution is 2.32. The molecule has 0 radical (unpaired) electrons. The van der Waals surface area contributed by atoms with Gasteiger partial charge < -0.3 is 0 Å². The van der Waals surface area contributed by atoms with Crippen molar-refractivity contribution in [2.24, 2.45) is 0 Å². The van der Waals surface area contributed by atoms with Crippen LogP contribution in [0, 0.1) is 0 Å². The standard InChI is InChI=1S/C12H9F3O3S2/c13-12(14,15)8-18-20(16,17)11-7-6-10(19-11)9-4-2-1-3-5-9/h1-7H,8H2. The van der Waals surface area contributed by atoms with Crippen molar-refractivity contribution in [1.82, 2.24) is 0 Å². The number of benzene rings is 1. The molecular formula is C12H9F3O3S2. The van der Waals surface area contributed by atoms with Crippen molar-refractivity contribution in [3.8, 4) is 10.4 Å². The SMILES string of the molecule is O=S(=O)(OCC(F)(F)F)c1ccc(-c2ccccc2)s1. The lowest BCUT2D eigenvalue weighted by Crippen LogP contribution is -2.20. The van der Waals surface area contributed by atoms with E-state index >= 15 is 0 Å². The second-order valence-electron chi connectivity index (χ2n) is 3.82. The highest BCUT2D eigenvalue weighted by molar-refractivity contribution is 7.89. The molecule has 1 heterocycles. The fourth-order valence-corrected chi connectivity index (χ4v) is 3.62. The van der Waals surface area contributed by atoms with Gasteiger partial charge in [-0.25, -0.2) is 0 Å². The maximum absolute atomic E-state index is 12.0. The van der Waals surface area contributed by atoms with Crippen LogP contribution in [0.4, 0.5) is 13.2 Å². The van der Waals surface area contributed by atoms with E-state index < -0.39 is 22.9 Å². The molecule has 108 valence electrons. The molecule has 8 heteroatoms. The summed E-state index contributed by atoms with van der Waals surface area (Å²) < 4.78 is 62.9. The Morgan fingerprint density at radius 1 is 1.05 bits per heavy atom. The average Bonchev–Trinajstić information content (AvgIpc) is 2.87. The molecule has 0 atom stereocenters. The topological polar surface area (TPSA) is 43.4 Å². The zero-order chi connectivity index (χ0) is 14.8. The number of thiophene rings is 1. The monoisotopic (exact) mass is 322 g/mol. The summed E-state index contributed by atoms with van der Waals surface area (Å²) in [5.74, 6) is 0. The molecule has 0 saturated heterocycles. The summed E-state index contributed by atoms with van der Waals surface area (Å²) in [6, 6.07) is 11.7. The van der Waals surface area contributed by atoms with Crippen molar-refractivity contribution in [3.63, 3.8) is 0 Å². The molecule has 0 amide bonds. The van der Waals surface area contributed by atoms with Gasteiger partial charge in [0.25, 0.3) is 0 Å². The van der Waals surface area contributed by atoms with Gasteiger partial charge in [-0.15, -0.1) is 11.3 Å². The van der Waals surface area contributed by atoms with Gasteiger partial charge in [0.05, 0.1) is 0 Å². The Morgan fingerprint density at radius 2 is 1.70 bits per heavy atom.